The van der Waals surface area contributed by atoms with Crippen molar-refractivity contribution in [3.63, 3.8) is 0 Å². The molecule has 1 rings (SSSR count). The van der Waals surface area contributed by atoms with E-state index in [9.17, 15) is 13.2 Å². The summed E-state index contributed by atoms with van der Waals surface area (Å²) in [7, 11) is 0. The molecule has 1 aromatic carbocycles. The van der Waals surface area contributed by atoms with Gasteiger partial charge >= 0.3 is 6.18 Å². The summed E-state index contributed by atoms with van der Waals surface area (Å²) in [6.07, 6.45) is -4.26. The average molecular weight is 190 g/mol. The Kier molecular flexibility index (Phi) is 2.47. The molecule has 0 spiro atoms. The van der Waals surface area contributed by atoms with Gasteiger partial charge in [0.15, 0.2) is 0 Å². The monoisotopic (exact) mass is 190 g/mol. The van der Waals surface area contributed by atoms with Crippen molar-refractivity contribution in [3.05, 3.63) is 35.4 Å². The van der Waals surface area contributed by atoms with E-state index in [-0.39, 0.29) is 0 Å². The van der Waals surface area contributed by atoms with Crippen molar-refractivity contribution in [2.24, 2.45) is 0 Å². The van der Waals surface area contributed by atoms with Gasteiger partial charge in [-0.15, -0.1) is 0 Å². The molecule has 0 bridgehead atoms. The molecule has 0 saturated heterocycles. The quantitative estimate of drug-likeness (QED) is 0.613. The van der Waals surface area contributed by atoms with Gasteiger partial charge in [-0.2, -0.15) is 13.2 Å². The van der Waals surface area contributed by atoms with Gasteiger partial charge in [-0.1, -0.05) is 24.4 Å². The lowest BCUT2D eigenvalue weighted by Gasteiger charge is -2.05. The lowest BCUT2D eigenvalue weighted by atomic mass is 10.1. The number of thiocarbonyl (C=S) groups is 1. The first-order valence-corrected chi connectivity index (χ1v) is 3.63. The minimum absolute atomic E-state index is 0.609. The van der Waals surface area contributed by atoms with Crippen LogP contribution < -0.4 is 0 Å². The maximum absolute atomic E-state index is 12.0. The Hall–Kier alpha value is -0.900. The fourth-order valence-electron chi connectivity index (χ4n) is 0.751. The van der Waals surface area contributed by atoms with Crippen LogP contribution in [0, 0.1) is 0 Å². The molecule has 0 atom stereocenters. The molecule has 0 aliphatic carbocycles. The first-order valence-electron chi connectivity index (χ1n) is 3.16. The maximum Gasteiger partial charge on any atom is 0.416 e. The van der Waals surface area contributed by atoms with E-state index in [1.807, 2.05) is 0 Å². The topological polar surface area (TPSA) is 0 Å². The van der Waals surface area contributed by atoms with E-state index in [0.717, 1.165) is 12.1 Å². The average Bonchev–Trinajstić information content (AvgIpc) is 2.03. The van der Waals surface area contributed by atoms with Crippen LogP contribution in [0.3, 0.4) is 0 Å². The molecule has 0 aliphatic rings. The summed E-state index contributed by atoms with van der Waals surface area (Å²) in [6.45, 7) is 0. The molecule has 4 heteroatoms. The van der Waals surface area contributed by atoms with Crippen molar-refractivity contribution in [1.82, 2.24) is 0 Å². The van der Waals surface area contributed by atoms with Crippen LogP contribution in [-0.2, 0) is 6.18 Å². The minimum Gasteiger partial charge on any atom is -0.166 e. The Labute approximate surface area is 73.0 Å². The third-order valence-corrected chi connectivity index (χ3v) is 1.65. The second-order valence-corrected chi connectivity index (χ2v) is 2.47. The predicted molar refractivity (Wildman–Crippen MR) is 44.2 cm³/mol. The zero-order valence-electron chi connectivity index (χ0n) is 5.93. The van der Waals surface area contributed by atoms with Crippen molar-refractivity contribution >= 4 is 17.6 Å². The van der Waals surface area contributed by atoms with Gasteiger partial charge in [0.1, 0.15) is 0 Å². The van der Waals surface area contributed by atoms with E-state index in [1.54, 1.807) is 0 Å². The zero-order chi connectivity index (χ0) is 9.19. The van der Waals surface area contributed by atoms with E-state index >= 15 is 0 Å². The summed E-state index contributed by atoms with van der Waals surface area (Å²) in [5.74, 6) is 0. The summed E-state index contributed by atoms with van der Waals surface area (Å²) >= 11 is 4.55. The number of rotatable bonds is 1. The van der Waals surface area contributed by atoms with Crippen LogP contribution in [0.15, 0.2) is 24.3 Å². The van der Waals surface area contributed by atoms with Crippen molar-refractivity contribution in [2.75, 3.05) is 0 Å². The van der Waals surface area contributed by atoms with Gasteiger partial charge < -0.3 is 0 Å². The van der Waals surface area contributed by atoms with Gasteiger partial charge in [-0.25, -0.2) is 0 Å². The standard InChI is InChI=1S/C8H5F3S/c9-8(10,11)7-3-1-6(5-12)2-4-7/h1-5H. The van der Waals surface area contributed by atoms with Crippen molar-refractivity contribution < 1.29 is 13.2 Å². The number of hydrogen-bond donors (Lipinski definition) is 0. The van der Waals surface area contributed by atoms with Crippen LogP contribution in [0.4, 0.5) is 13.2 Å². The molecule has 64 valence electrons. The SMILES string of the molecule is FC(F)(F)c1ccc(C=S)cc1. The van der Waals surface area contributed by atoms with Crippen LogP contribution in [0.1, 0.15) is 11.1 Å². The van der Waals surface area contributed by atoms with E-state index in [2.05, 4.69) is 12.2 Å². The molecule has 0 amide bonds. The highest BCUT2D eigenvalue weighted by atomic mass is 32.1. The van der Waals surface area contributed by atoms with Gasteiger partial charge in [-0.05, 0) is 17.7 Å². The van der Waals surface area contributed by atoms with E-state index < -0.39 is 11.7 Å². The fraction of sp³-hybridized carbons (Fsp3) is 0.125. The molecule has 1 aromatic rings. The summed E-state index contributed by atoms with van der Waals surface area (Å²) in [5, 5.41) is 1.33. The zero-order valence-corrected chi connectivity index (χ0v) is 6.75. The van der Waals surface area contributed by atoms with Crippen molar-refractivity contribution in [2.45, 2.75) is 6.18 Å². The molecular formula is C8H5F3S. The normalized spacial score (nSPS) is 11.2. The molecule has 0 fully saturated rings. The molecule has 0 radical (unpaired) electrons. The molecule has 0 saturated carbocycles. The number of hydrogen-bond acceptors (Lipinski definition) is 1. The van der Waals surface area contributed by atoms with Crippen LogP contribution in [0.25, 0.3) is 0 Å². The molecule has 0 unspecified atom stereocenters. The highest BCUT2D eigenvalue weighted by Gasteiger charge is 2.29. The smallest absolute Gasteiger partial charge is 0.166 e. The highest BCUT2D eigenvalue weighted by molar-refractivity contribution is 7.79. The van der Waals surface area contributed by atoms with Crippen LogP contribution in [-0.4, -0.2) is 5.37 Å². The van der Waals surface area contributed by atoms with Crippen molar-refractivity contribution in [1.29, 1.82) is 0 Å². The second-order valence-electron chi connectivity index (χ2n) is 2.24. The highest BCUT2D eigenvalue weighted by Crippen LogP contribution is 2.28. The predicted octanol–water partition coefficient (Wildman–Crippen LogP) is 3.05. The summed E-state index contributed by atoms with van der Waals surface area (Å²) < 4.78 is 36.0. The lowest BCUT2D eigenvalue weighted by Crippen LogP contribution is -2.04. The van der Waals surface area contributed by atoms with Gasteiger partial charge in [0.2, 0.25) is 0 Å². The van der Waals surface area contributed by atoms with Crippen LogP contribution in [0.5, 0.6) is 0 Å². The molecule has 12 heavy (non-hydrogen) atoms. The summed E-state index contributed by atoms with van der Waals surface area (Å²) in [6, 6.07) is 4.71. The lowest BCUT2D eigenvalue weighted by molar-refractivity contribution is -0.137. The Balaban J connectivity index is 3.00. The molecule has 0 heterocycles. The van der Waals surface area contributed by atoms with Crippen LogP contribution in [0.2, 0.25) is 0 Å². The maximum atomic E-state index is 12.0. The molecule has 0 aliphatic heterocycles. The molecule has 0 N–H and O–H groups in total. The Morgan fingerprint density at radius 3 is 1.92 bits per heavy atom. The van der Waals surface area contributed by atoms with Crippen molar-refractivity contribution in [3.8, 4) is 0 Å². The summed E-state index contributed by atoms with van der Waals surface area (Å²) in [4.78, 5) is 0. The third kappa shape index (κ3) is 2.04. The first kappa shape index (κ1) is 9.19. The Morgan fingerprint density at radius 1 is 1.08 bits per heavy atom. The number of halogens is 3. The fourth-order valence-corrected chi connectivity index (χ4v) is 0.908. The van der Waals surface area contributed by atoms with Gasteiger partial charge in [0, 0.05) is 5.37 Å². The first-order chi connectivity index (χ1) is 5.54. The van der Waals surface area contributed by atoms with Gasteiger partial charge in [0.05, 0.1) is 5.56 Å². The van der Waals surface area contributed by atoms with Gasteiger partial charge in [0.25, 0.3) is 0 Å². The van der Waals surface area contributed by atoms with E-state index in [4.69, 9.17) is 0 Å². The van der Waals surface area contributed by atoms with E-state index in [0.29, 0.717) is 5.56 Å². The van der Waals surface area contributed by atoms with Gasteiger partial charge in [-0.3, -0.25) is 0 Å². The largest absolute Gasteiger partial charge is 0.416 e. The number of benzene rings is 1. The molecule has 0 aromatic heterocycles. The van der Waals surface area contributed by atoms with Crippen LogP contribution >= 0.6 is 12.2 Å². The second kappa shape index (κ2) is 3.23. The molecule has 0 nitrogen and oxygen atoms in total. The Morgan fingerprint density at radius 2 is 1.58 bits per heavy atom. The minimum atomic E-state index is -4.26. The molecular weight excluding hydrogens is 185 g/mol. The number of alkyl halides is 3. The Bertz CT molecular complexity index is 273. The third-order valence-electron chi connectivity index (χ3n) is 1.37. The summed E-state index contributed by atoms with van der Waals surface area (Å²) in [5.41, 5.74) is -0.0406. The van der Waals surface area contributed by atoms with E-state index in [1.165, 1.54) is 17.5 Å².